The van der Waals surface area contributed by atoms with Gasteiger partial charge in [-0.2, -0.15) is 0 Å². The molecule has 37 heavy (non-hydrogen) atoms. The second-order valence-electron chi connectivity index (χ2n) is 8.39. The molecular formula is C23H23Cl2N5O5S2. The molecule has 0 aliphatic carbocycles. The Morgan fingerprint density at radius 3 is 2.38 bits per heavy atom. The van der Waals surface area contributed by atoms with Crippen molar-refractivity contribution < 1.29 is 21.6 Å². The number of piperidine rings is 1. The van der Waals surface area contributed by atoms with E-state index in [0.29, 0.717) is 35.7 Å². The van der Waals surface area contributed by atoms with Gasteiger partial charge in [0, 0.05) is 31.2 Å². The van der Waals surface area contributed by atoms with Crippen molar-refractivity contribution in [2.24, 2.45) is 5.92 Å². The summed E-state index contributed by atoms with van der Waals surface area (Å²) in [5, 5.41) is 3.35. The van der Waals surface area contributed by atoms with Gasteiger partial charge in [0.2, 0.25) is 21.9 Å². The molecule has 1 saturated heterocycles. The maximum atomic E-state index is 13.0. The van der Waals surface area contributed by atoms with Gasteiger partial charge in [0.1, 0.15) is 0 Å². The molecule has 1 aliphatic heterocycles. The van der Waals surface area contributed by atoms with Crippen LogP contribution in [-0.4, -0.2) is 50.1 Å². The number of hydrogen-bond donors (Lipinski definition) is 2. The Kier molecular flexibility index (Phi) is 8.34. The molecule has 1 aromatic heterocycles. The summed E-state index contributed by atoms with van der Waals surface area (Å²) in [4.78, 5) is 20.5. The van der Waals surface area contributed by atoms with E-state index in [9.17, 15) is 21.6 Å². The second kappa shape index (κ2) is 11.3. The third-order valence-electron chi connectivity index (χ3n) is 5.70. The quantitative estimate of drug-likeness (QED) is 0.411. The number of aromatic nitrogens is 2. The van der Waals surface area contributed by atoms with Crippen LogP contribution in [0.3, 0.4) is 0 Å². The van der Waals surface area contributed by atoms with Crippen molar-refractivity contribution in [1.82, 2.24) is 14.3 Å². The van der Waals surface area contributed by atoms with Gasteiger partial charge >= 0.3 is 0 Å². The molecule has 10 nitrogen and oxygen atoms in total. The molecule has 1 amide bonds. The number of rotatable bonds is 8. The molecule has 0 bridgehead atoms. The van der Waals surface area contributed by atoms with Crippen LogP contribution in [0.4, 0.5) is 11.6 Å². The minimum absolute atomic E-state index is 0.0322. The topological polar surface area (TPSA) is 138 Å². The lowest BCUT2D eigenvalue weighted by molar-refractivity contribution is -0.120. The number of nitrogens with one attached hydrogen (secondary N) is 2. The molecule has 1 fully saturated rings. The predicted molar refractivity (Wildman–Crippen MR) is 141 cm³/mol. The molecule has 2 N–H and O–H groups in total. The number of hydrogen-bond acceptors (Lipinski definition) is 7. The summed E-state index contributed by atoms with van der Waals surface area (Å²) in [5.74, 6) is -1.22. The van der Waals surface area contributed by atoms with Gasteiger partial charge in [-0.15, -0.1) is 0 Å². The first-order valence-electron chi connectivity index (χ1n) is 11.2. The average Bonchev–Trinajstić information content (AvgIpc) is 2.87. The van der Waals surface area contributed by atoms with E-state index in [2.05, 4.69) is 20.0 Å². The van der Waals surface area contributed by atoms with E-state index < -0.39 is 26.0 Å². The fourth-order valence-electron chi connectivity index (χ4n) is 3.83. The van der Waals surface area contributed by atoms with E-state index in [1.165, 1.54) is 47.0 Å². The summed E-state index contributed by atoms with van der Waals surface area (Å²) >= 11 is 11.9. The van der Waals surface area contributed by atoms with Crippen LogP contribution in [0.2, 0.25) is 10.0 Å². The minimum Gasteiger partial charge on any atom is -0.326 e. The van der Waals surface area contributed by atoms with Gasteiger partial charge in [-0.25, -0.2) is 35.8 Å². The second-order valence-corrected chi connectivity index (χ2v) is 12.9. The maximum absolute atomic E-state index is 13.0. The van der Waals surface area contributed by atoms with E-state index in [4.69, 9.17) is 23.2 Å². The van der Waals surface area contributed by atoms with Crippen molar-refractivity contribution >= 4 is 60.8 Å². The maximum Gasteiger partial charge on any atom is 0.264 e. The van der Waals surface area contributed by atoms with E-state index in [1.54, 1.807) is 18.2 Å². The Hall–Kier alpha value is -2.77. The zero-order valence-electron chi connectivity index (χ0n) is 19.3. The van der Waals surface area contributed by atoms with Crippen LogP contribution in [-0.2, 0) is 30.6 Å². The molecule has 0 unspecified atom stereocenters. The number of benzene rings is 2. The fraction of sp³-hybridized carbons (Fsp3) is 0.261. The Bertz CT molecular complexity index is 1490. The summed E-state index contributed by atoms with van der Waals surface area (Å²) in [6.45, 7) is 0.362. The molecule has 1 aliphatic rings. The molecule has 0 saturated carbocycles. The van der Waals surface area contributed by atoms with Gasteiger partial charge in [0.25, 0.3) is 10.0 Å². The summed E-state index contributed by atoms with van der Waals surface area (Å²) in [6.07, 6.45) is 3.88. The summed E-state index contributed by atoms with van der Waals surface area (Å²) in [7, 11) is -7.60. The first-order chi connectivity index (χ1) is 17.5. The van der Waals surface area contributed by atoms with Crippen molar-refractivity contribution in [3.05, 3.63) is 76.5 Å². The van der Waals surface area contributed by atoms with E-state index in [0.717, 1.165) is 0 Å². The molecule has 3 aromatic rings. The Labute approximate surface area is 225 Å². The molecule has 0 spiro atoms. The number of amides is 1. The van der Waals surface area contributed by atoms with Gasteiger partial charge in [-0.05, 0) is 60.9 Å². The molecule has 1 atom stereocenters. The van der Waals surface area contributed by atoms with Gasteiger partial charge < -0.3 is 5.32 Å². The average molecular weight is 585 g/mol. The van der Waals surface area contributed by atoms with Crippen molar-refractivity contribution in [3.8, 4) is 0 Å². The van der Waals surface area contributed by atoms with Crippen LogP contribution in [0, 0.1) is 5.92 Å². The van der Waals surface area contributed by atoms with Gasteiger partial charge in [-0.1, -0.05) is 29.3 Å². The smallest absolute Gasteiger partial charge is 0.264 e. The fourth-order valence-corrected chi connectivity index (χ4v) is 6.71. The van der Waals surface area contributed by atoms with E-state index >= 15 is 0 Å². The van der Waals surface area contributed by atoms with Crippen LogP contribution in [0.25, 0.3) is 0 Å². The van der Waals surface area contributed by atoms with E-state index in [1.807, 2.05) is 0 Å². The molecule has 2 aromatic carbocycles. The highest BCUT2D eigenvalue weighted by Crippen LogP contribution is 2.26. The number of carbonyl (C=O) groups is 1. The predicted octanol–water partition coefficient (Wildman–Crippen LogP) is 3.76. The Morgan fingerprint density at radius 2 is 1.70 bits per heavy atom. The standard InChI is InChI=1S/C23H23Cl2N5O5S2/c24-20-9-4-16(13-21(20)25)15-36(32,33)30-12-1-3-17(14-30)22(31)28-18-5-7-19(8-6-18)37(34,35)29-23-26-10-2-11-27-23/h2,4-11,13,17H,1,3,12,14-15H2,(H,28,31)(H,26,27,29)/t17-/m0/s1. The highest BCUT2D eigenvalue weighted by Gasteiger charge is 2.32. The van der Waals surface area contributed by atoms with Crippen LogP contribution < -0.4 is 10.0 Å². The monoisotopic (exact) mass is 583 g/mol. The molecule has 196 valence electrons. The Morgan fingerprint density at radius 1 is 1.00 bits per heavy atom. The zero-order valence-corrected chi connectivity index (χ0v) is 22.5. The number of halogens is 2. The normalized spacial score (nSPS) is 16.8. The highest BCUT2D eigenvalue weighted by atomic mass is 35.5. The van der Waals surface area contributed by atoms with Crippen molar-refractivity contribution in [1.29, 1.82) is 0 Å². The first-order valence-corrected chi connectivity index (χ1v) is 15.0. The lowest BCUT2D eigenvalue weighted by atomic mass is 9.99. The largest absolute Gasteiger partial charge is 0.326 e. The van der Waals surface area contributed by atoms with Crippen molar-refractivity contribution in [3.63, 3.8) is 0 Å². The lowest BCUT2D eigenvalue weighted by Crippen LogP contribution is -2.44. The third-order valence-corrected chi connectivity index (χ3v) is 9.60. The van der Waals surface area contributed by atoms with Gasteiger partial charge in [0.15, 0.2) is 0 Å². The molecule has 14 heteroatoms. The van der Waals surface area contributed by atoms with Crippen LogP contribution in [0.15, 0.2) is 65.8 Å². The molecule has 2 heterocycles. The van der Waals surface area contributed by atoms with Gasteiger partial charge in [0.05, 0.1) is 26.6 Å². The minimum atomic E-state index is -3.91. The number of sulfonamides is 2. The Balaban J connectivity index is 1.38. The SMILES string of the molecule is O=C(Nc1ccc(S(=O)(=O)Nc2ncccn2)cc1)[C@H]1CCCN(S(=O)(=O)Cc2ccc(Cl)c(Cl)c2)C1. The molecule has 4 rings (SSSR count). The van der Waals surface area contributed by atoms with Crippen molar-refractivity contribution in [2.45, 2.75) is 23.5 Å². The summed E-state index contributed by atoms with van der Waals surface area (Å²) in [5.41, 5.74) is 0.889. The van der Waals surface area contributed by atoms with Crippen LogP contribution >= 0.6 is 23.2 Å². The number of carbonyl (C=O) groups excluding carboxylic acids is 1. The highest BCUT2D eigenvalue weighted by molar-refractivity contribution is 7.92. The van der Waals surface area contributed by atoms with E-state index in [-0.39, 0.29) is 34.1 Å². The summed E-state index contributed by atoms with van der Waals surface area (Å²) < 4.78 is 54.6. The number of anilines is 2. The van der Waals surface area contributed by atoms with Crippen LogP contribution in [0.5, 0.6) is 0 Å². The third kappa shape index (κ3) is 6.96. The number of nitrogens with zero attached hydrogens (tertiary/aromatic N) is 3. The first kappa shape index (κ1) is 27.3. The molecule has 0 radical (unpaired) electrons. The summed E-state index contributed by atoms with van der Waals surface area (Å²) in [6, 6.07) is 11.8. The lowest BCUT2D eigenvalue weighted by Gasteiger charge is -2.31. The molecular weight excluding hydrogens is 561 g/mol. The van der Waals surface area contributed by atoms with Crippen LogP contribution in [0.1, 0.15) is 18.4 Å². The van der Waals surface area contributed by atoms with Gasteiger partial charge in [-0.3, -0.25) is 4.79 Å². The van der Waals surface area contributed by atoms with Crippen molar-refractivity contribution in [2.75, 3.05) is 23.1 Å². The zero-order chi connectivity index (χ0) is 26.6.